The Morgan fingerprint density at radius 1 is 1.30 bits per heavy atom. The second kappa shape index (κ2) is 5.76. The molecule has 1 saturated carbocycles. The molecule has 1 aromatic carbocycles. The summed E-state index contributed by atoms with van der Waals surface area (Å²) in [6, 6.07) is 5.93. The first kappa shape index (κ1) is 14.6. The number of amidine groups is 1. The van der Waals surface area contributed by atoms with Gasteiger partial charge in [0.05, 0.1) is 8.85 Å². The van der Waals surface area contributed by atoms with Crippen LogP contribution >= 0.6 is 0 Å². The first-order valence-corrected chi connectivity index (χ1v) is 9.39. The Morgan fingerprint density at radius 3 is 2.81 bits per heavy atom. The highest BCUT2D eigenvalue weighted by Gasteiger charge is 2.62. The second-order valence-corrected chi connectivity index (χ2v) is 8.11. The highest BCUT2D eigenvalue weighted by atomic mass is 16.5. The largest absolute Gasteiger partial charge is 0.462 e. The van der Waals surface area contributed by atoms with Crippen molar-refractivity contribution in [3.63, 3.8) is 0 Å². The molecule has 1 unspecified atom stereocenters. The number of aliphatic hydroxyl groups is 1. The summed E-state index contributed by atoms with van der Waals surface area (Å²) in [7, 11) is 0. The van der Waals surface area contributed by atoms with E-state index in [0.717, 1.165) is 22.3 Å². The van der Waals surface area contributed by atoms with Gasteiger partial charge in [-0.05, 0) is 54.4 Å². The quantitative estimate of drug-likeness (QED) is 0.808. The average molecular weight is 366 g/mol. The Balaban J connectivity index is 1.73. The number of benzene rings is 1. The van der Waals surface area contributed by atoms with E-state index in [2.05, 4.69) is 15.0 Å². The molecule has 2 heterocycles. The topological polar surface area (TPSA) is 93.6 Å². The van der Waals surface area contributed by atoms with Gasteiger partial charge in [0.15, 0.2) is 0 Å². The molecule has 5 rings (SSSR count). The van der Waals surface area contributed by atoms with Crippen LogP contribution in [0.3, 0.4) is 0 Å². The van der Waals surface area contributed by atoms with Crippen molar-refractivity contribution < 1.29 is 12.6 Å². The summed E-state index contributed by atoms with van der Waals surface area (Å²) in [5.74, 6) is 0.0461. The lowest BCUT2D eigenvalue weighted by Gasteiger charge is -2.47. The fraction of sp³-hybridized carbons (Fsp3) is 0.476. The Bertz CT molecular complexity index is 999. The molecule has 0 radical (unpaired) electrons. The Hall–Kier alpha value is -2.47. The predicted molar refractivity (Wildman–Crippen MR) is 102 cm³/mol. The van der Waals surface area contributed by atoms with Crippen LogP contribution in [0.4, 0.5) is 0 Å². The number of nitrogens with two attached hydrogens (primary N) is 1. The third-order valence-electron chi connectivity index (χ3n) is 6.56. The van der Waals surface area contributed by atoms with Crippen molar-refractivity contribution >= 4 is 6.02 Å². The van der Waals surface area contributed by atoms with Gasteiger partial charge in [0.2, 0.25) is 0 Å². The van der Waals surface area contributed by atoms with Gasteiger partial charge in [-0.25, -0.2) is 15.0 Å². The zero-order valence-corrected chi connectivity index (χ0v) is 15.2. The number of aliphatic imine (C=N–C) groups is 1. The molecule has 1 fully saturated rings. The molecule has 4 atom stereocenters. The number of ether oxygens (including phenoxy) is 1. The maximum Gasteiger partial charge on any atom is 0.283 e. The van der Waals surface area contributed by atoms with E-state index in [1.165, 1.54) is 6.33 Å². The van der Waals surface area contributed by atoms with Gasteiger partial charge < -0.3 is 15.6 Å². The molecule has 27 heavy (non-hydrogen) atoms. The molecule has 0 saturated heterocycles. The molecule has 2 aromatic rings. The number of aliphatic hydroxyl groups excluding tert-OH is 1. The first-order valence-electron chi connectivity index (χ1n) is 10.4. The summed E-state index contributed by atoms with van der Waals surface area (Å²) in [4.78, 5) is 12.9. The first-order chi connectivity index (χ1) is 13.8. The molecular weight excluding hydrogens is 340 g/mol. The van der Waals surface area contributed by atoms with Gasteiger partial charge >= 0.3 is 0 Å². The lowest BCUT2D eigenvalue weighted by Crippen LogP contribution is -2.48. The van der Waals surface area contributed by atoms with Crippen molar-refractivity contribution in [1.82, 2.24) is 9.97 Å². The van der Waals surface area contributed by atoms with Crippen LogP contribution in [0.15, 0.2) is 41.9 Å². The minimum absolute atomic E-state index is 0.0461. The van der Waals surface area contributed by atoms with Gasteiger partial charge in [-0.2, -0.15) is 0 Å². The van der Waals surface area contributed by atoms with Crippen LogP contribution in [-0.2, 0) is 16.7 Å². The molecule has 0 amide bonds. The van der Waals surface area contributed by atoms with Crippen molar-refractivity contribution in [2.24, 2.45) is 22.1 Å². The van der Waals surface area contributed by atoms with E-state index >= 15 is 0 Å². The van der Waals surface area contributed by atoms with Crippen LogP contribution in [0.25, 0.3) is 11.1 Å². The summed E-state index contributed by atoms with van der Waals surface area (Å²) in [5, 5.41) is 10.3. The zero-order chi connectivity index (χ0) is 20.4. The highest BCUT2D eigenvalue weighted by molar-refractivity contribution is 5.75. The fourth-order valence-corrected chi connectivity index (χ4v) is 5.20. The van der Waals surface area contributed by atoms with Crippen LogP contribution in [0, 0.1) is 11.3 Å². The molecule has 2 spiro atoms. The van der Waals surface area contributed by atoms with Crippen molar-refractivity contribution in [2.45, 2.75) is 44.2 Å². The number of fused-ring (bicyclic) bond motifs is 3. The minimum Gasteiger partial charge on any atom is -0.462 e. The van der Waals surface area contributed by atoms with Crippen LogP contribution in [0.1, 0.15) is 40.1 Å². The predicted octanol–water partition coefficient (Wildman–Crippen LogP) is 2.41. The maximum atomic E-state index is 10.3. The molecule has 1 aromatic heterocycles. The minimum atomic E-state index is -2.07. The van der Waals surface area contributed by atoms with E-state index in [-0.39, 0.29) is 18.0 Å². The molecule has 6 nitrogen and oxygen atoms in total. The van der Waals surface area contributed by atoms with Crippen molar-refractivity contribution in [3.05, 3.63) is 48.0 Å². The number of hydrogen-bond donors (Lipinski definition) is 2. The van der Waals surface area contributed by atoms with E-state index in [0.29, 0.717) is 25.7 Å². The SMILES string of the molecule is [2H]C1([2H])OC(N)=NC12c1cc(-c3cncnc3)ccc1C[C@]21CC[C@@H](O)[C@H](C)C1. The van der Waals surface area contributed by atoms with Gasteiger partial charge in [0, 0.05) is 23.4 Å². The second-order valence-electron chi connectivity index (χ2n) is 8.11. The summed E-state index contributed by atoms with van der Waals surface area (Å²) in [5.41, 5.74) is 7.84. The molecule has 3 N–H and O–H groups in total. The summed E-state index contributed by atoms with van der Waals surface area (Å²) in [6.07, 6.45) is 7.20. The van der Waals surface area contributed by atoms with Gasteiger partial charge in [0.1, 0.15) is 18.4 Å². The number of nitrogens with zero attached hydrogens (tertiary/aromatic N) is 3. The van der Waals surface area contributed by atoms with Crippen molar-refractivity contribution in [3.8, 4) is 11.1 Å². The van der Waals surface area contributed by atoms with E-state index in [4.69, 9.17) is 13.2 Å². The van der Waals surface area contributed by atoms with Gasteiger partial charge in [-0.15, -0.1) is 0 Å². The number of aromatic nitrogens is 2. The zero-order valence-electron chi connectivity index (χ0n) is 17.2. The fourth-order valence-electron chi connectivity index (χ4n) is 5.20. The Kier molecular flexibility index (Phi) is 3.11. The molecule has 3 aliphatic rings. The lowest BCUT2D eigenvalue weighted by molar-refractivity contribution is -0.0253. The van der Waals surface area contributed by atoms with E-state index in [9.17, 15) is 5.11 Å². The third kappa shape index (κ3) is 2.32. The summed E-state index contributed by atoms with van der Waals surface area (Å²) < 4.78 is 23.1. The highest BCUT2D eigenvalue weighted by Crippen LogP contribution is 2.62. The number of rotatable bonds is 1. The standard InChI is InChI=1S/C21H24N4O2/c1-13-7-20(5-4-18(13)26)8-15-3-2-14(16-9-23-12-24-10-16)6-17(15)21(20)11-27-19(22)25-21/h2-3,6,9-10,12-13,18,26H,4-5,7-8,11H2,1H3,(H2,22,25)/t13-,18-,20-,21?/m1/s1/i11D2. The van der Waals surface area contributed by atoms with E-state index in [1.807, 2.05) is 25.1 Å². The third-order valence-corrected chi connectivity index (χ3v) is 6.56. The van der Waals surface area contributed by atoms with E-state index < -0.39 is 17.5 Å². The van der Waals surface area contributed by atoms with Crippen LogP contribution < -0.4 is 5.73 Å². The normalized spacial score (nSPS) is 37.5. The van der Waals surface area contributed by atoms with Gasteiger partial charge in [-0.3, -0.25) is 0 Å². The van der Waals surface area contributed by atoms with Gasteiger partial charge in [-0.1, -0.05) is 19.1 Å². The molecular formula is C21H24N4O2. The molecule has 0 bridgehead atoms. The smallest absolute Gasteiger partial charge is 0.283 e. The molecule has 6 heteroatoms. The summed E-state index contributed by atoms with van der Waals surface area (Å²) in [6.45, 7) is -0.0520. The van der Waals surface area contributed by atoms with Crippen LogP contribution in [-0.4, -0.2) is 33.8 Å². The average Bonchev–Trinajstić information content (AvgIpc) is 3.10. The molecule has 2 aliphatic carbocycles. The van der Waals surface area contributed by atoms with E-state index in [1.54, 1.807) is 12.4 Å². The number of hydrogen-bond acceptors (Lipinski definition) is 6. The van der Waals surface area contributed by atoms with Gasteiger partial charge in [0.25, 0.3) is 6.02 Å². The maximum absolute atomic E-state index is 10.3. The Morgan fingerprint density at radius 2 is 2.11 bits per heavy atom. The van der Waals surface area contributed by atoms with Crippen LogP contribution in [0.2, 0.25) is 0 Å². The Labute approximate surface area is 161 Å². The molecule has 140 valence electrons. The lowest BCUT2D eigenvalue weighted by atomic mass is 9.59. The van der Waals surface area contributed by atoms with Crippen LogP contribution in [0.5, 0.6) is 0 Å². The monoisotopic (exact) mass is 366 g/mol. The molecule has 1 aliphatic heterocycles. The van der Waals surface area contributed by atoms with Crippen molar-refractivity contribution in [2.75, 3.05) is 6.56 Å². The summed E-state index contributed by atoms with van der Waals surface area (Å²) >= 11 is 0. The van der Waals surface area contributed by atoms with Crippen molar-refractivity contribution in [1.29, 1.82) is 0 Å².